The number of nitrogens with one attached hydrogen (secondary N) is 1. The van der Waals surface area contributed by atoms with E-state index in [1.165, 1.54) is 6.92 Å². The third kappa shape index (κ3) is 7.26. The molecule has 5 atom stereocenters. The van der Waals surface area contributed by atoms with Crippen molar-refractivity contribution in [2.24, 2.45) is 5.92 Å². The van der Waals surface area contributed by atoms with Gasteiger partial charge in [-0.15, -0.1) is 0 Å². The van der Waals surface area contributed by atoms with Crippen LogP contribution in [0.2, 0.25) is 0 Å². The van der Waals surface area contributed by atoms with Gasteiger partial charge in [0.1, 0.15) is 24.4 Å². The molecule has 0 spiro atoms. The number of hydrogen-bond donors (Lipinski definition) is 1. The molecule has 2 aliphatic heterocycles. The summed E-state index contributed by atoms with van der Waals surface area (Å²) < 4.78 is 26.5. The second kappa shape index (κ2) is 13.4. The first-order chi connectivity index (χ1) is 20.5. The highest BCUT2D eigenvalue weighted by Crippen LogP contribution is 2.45. The van der Waals surface area contributed by atoms with Gasteiger partial charge in [0.15, 0.2) is 12.1 Å². The van der Waals surface area contributed by atoms with E-state index in [-0.39, 0.29) is 31.0 Å². The first-order valence-electron chi connectivity index (χ1n) is 13.3. The number of hydrogen-bond acceptors (Lipinski definition) is 8. The SMILES string of the molecule is CC(=O)N[C@H]1[C@H]2OC[C@](COC(=O)c3ccc(Br)cc3)(O2)[C@H](CC(=O)c2ccc(Br)cc2)[C@@H]1OC(=O)c1ccc(Br)cc1. The van der Waals surface area contributed by atoms with Crippen molar-refractivity contribution in [3.05, 3.63) is 103 Å². The number of amides is 1. The Bertz CT molecular complexity index is 1510. The molecule has 2 fully saturated rings. The van der Waals surface area contributed by atoms with Gasteiger partial charge in [-0.3, -0.25) is 9.59 Å². The minimum Gasteiger partial charge on any atom is -0.459 e. The molecule has 0 unspecified atom stereocenters. The van der Waals surface area contributed by atoms with Crippen molar-refractivity contribution < 1.29 is 38.1 Å². The predicted molar refractivity (Wildman–Crippen MR) is 166 cm³/mol. The molecule has 43 heavy (non-hydrogen) atoms. The van der Waals surface area contributed by atoms with E-state index in [2.05, 4.69) is 53.1 Å². The van der Waals surface area contributed by atoms with Gasteiger partial charge in [0, 0.05) is 38.2 Å². The van der Waals surface area contributed by atoms with Crippen molar-refractivity contribution in [1.82, 2.24) is 5.32 Å². The maximum atomic E-state index is 13.6. The lowest BCUT2D eigenvalue weighted by Crippen LogP contribution is -2.65. The zero-order valence-electron chi connectivity index (χ0n) is 22.8. The number of carbonyl (C=O) groups excluding carboxylic acids is 4. The highest BCUT2D eigenvalue weighted by atomic mass is 79.9. The number of ether oxygens (including phenoxy) is 4. The molecule has 1 N–H and O–H groups in total. The van der Waals surface area contributed by atoms with Crippen LogP contribution in [-0.2, 0) is 23.7 Å². The van der Waals surface area contributed by atoms with Gasteiger partial charge in [0.2, 0.25) is 5.91 Å². The van der Waals surface area contributed by atoms with E-state index in [9.17, 15) is 19.2 Å². The van der Waals surface area contributed by atoms with Crippen LogP contribution in [0, 0.1) is 5.92 Å². The molecule has 0 radical (unpaired) electrons. The standard InChI is InChI=1S/C31H26Br3NO8/c1-17(36)35-26-27(42-29(39)20-6-12-23(34)13-7-20)24(14-25(37)18-2-8-21(32)9-3-18)31(16-41-30(26)43-31)15-40-28(38)19-4-10-22(33)11-5-19/h2-13,24,26-27,30H,14-16H2,1H3,(H,35,36)/t24-,26-,27+,30+,31+/m1/s1. The molecule has 5 rings (SSSR count). The van der Waals surface area contributed by atoms with Gasteiger partial charge in [-0.25, -0.2) is 9.59 Å². The van der Waals surface area contributed by atoms with E-state index in [0.717, 1.165) is 13.4 Å². The molecule has 2 saturated heterocycles. The topological polar surface area (TPSA) is 117 Å². The third-order valence-corrected chi connectivity index (χ3v) is 8.94. The van der Waals surface area contributed by atoms with Crippen LogP contribution in [0.4, 0.5) is 0 Å². The second-order valence-electron chi connectivity index (χ2n) is 10.3. The molecule has 0 aliphatic carbocycles. The van der Waals surface area contributed by atoms with Crippen LogP contribution in [0.15, 0.2) is 86.2 Å². The van der Waals surface area contributed by atoms with Gasteiger partial charge in [-0.05, 0) is 60.7 Å². The number of esters is 2. The van der Waals surface area contributed by atoms with Crippen LogP contribution in [0.1, 0.15) is 44.4 Å². The monoisotopic (exact) mass is 777 g/mol. The molecule has 1 amide bonds. The maximum absolute atomic E-state index is 13.6. The van der Waals surface area contributed by atoms with Crippen LogP contribution in [-0.4, -0.2) is 60.9 Å². The fourth-order valence-corrected chi connectivity index (χ4v) is 6.00. The Morgan fingerprint density at radius 1 is 0.814 bits per heavy atom. The second-order valence-corrected chi connectivity index (χ2v) is 13.0. The summed E-state index contributed by atoms with van der Waals surface area (Å²) in [6.45, 7) is 0.980. The Hall–Kier alpha value is -2.90. The smallest absolute Gasteiger partial charge is 0.338 e. The highest BCUT2D eigenvalue weighted by molar-refractivity contribution is 9.11. The van der Waals surface area contributed by atoms with Gasteiger partial charge < -0.3 is 24.3 Å². The quantitative estimate of drug-likeness (QED) is 0.212. The lowest BCUT2D eigenvalue weighted by atomic mass is 9.75. The first kappa shape index (κ1) is 31.5. The highest BCUT2D eigenvalue weighted by Gasteiger charge is 2.62. The van der Waals surface area contributed by atoms with Crippen molar-refractivity contribution in [3.63, 3.8) is 0 Å². The summed E-state index contributed by atoms with van der Waals surface area (Å²) in [4.78, 5) is 52.3. The van der Waals surface area contributed by atoms with Crippen molar-refractivity contribution in [3.8, 4) is 0 Å². The molecule has 0 aromatic heterocycles. The van der Waals surface area contributed by atoms with Crippen molar-refractivity contribution >= 4 is 71.4 Å². The maximum Gasteiger partial charge on any atom is 0.338 e. The van der Waals surface area contributed by atoms with Crippen LogP contribution < -0.4 is 5.32 Å². The number of carbonyl (C=O) groups is 4. The molecule has 2 heterocycles. The summed E-state index contributed by atoms with van der Waals surface area (Å²) in [5, 5.41) is 2.79. The van der Waals surface area contributed by atoms with Gasteiger partial charge in [0.05, 0.1) is 17.7 Å². The fraction of sp³-hybridized carbons (Fsp3) is 0.290. The number of Topliss-reactive ketones (excluding diaryl/α,β-unsaturated/α-hetero) is 1. The zero-order chi connectivity index (χ0) is 30.7. The molecular formula is C31H26Br3NO8. The van der Waals surface area contributed by atoms with Gasteiger partial charge in [-0.1, -0.05) is 59.9 Å². The van der Waals surface area contributed by atoms with E-state index < -0.39 is 47.8 Å². The number of halogens is 3. The summed E-state index contributed by atoms with van der Waals surface area (Å²) >= 11 is 10.1. The lowest BCUT2D eigenvalue weighted by molar-refractivity contribution is -0.212. The van der Waals surface area contributed by atoms with Crippen molar-refractivity contribution in [2.75, 3.05) is 13.2 Å². The largest absolute Gasteiger partial charge is 0.459 e. The minimum absolute atomic E-state index is 0.0635. The average molecular weight is 780 g/mol. The van der Waals surface area contributed by atoms with Crippen LogP contribution in [0.3, 0.4) is 0 Å². The Morgan fingerprint density at radius 2 is 1.33 bits per heavy atom. The Labute approximate surface area is 273 Å². The normalized spacial score (nSPS) is 24.2. The van der Waals surface area contributed by atoms with E-state index in [4.69, 9.17) is 18.9 Å². The van der Waals surface area contributed by atoms with E-state index >= 15 is 0 Å². The molecule has 0 saturated carbocycles. The van der Waals surface area contributed by atoms with Crippen molar-refractivity contribution in [2.45, 2.75) is 37.4 Å². The average Bonchev–Trinajstić information content (AvgIpc) is 3.38. The first-order valence-corrected chi connectivity index (χ1v) is 15.7. The Morgan fingerprint density at radius 3 is 1.86 bits per heavy atom. The number of fused-ring (bicyclic) bond motifs is 2. The lowest BCUT2D eigenvalue weighted by Gasteiger charge is -2.46. The summed E-state index contributed by atoms with van der Waals surface area (Å²) in [5.74, 6) is -2.77. The fourth-order valence-electron chi connectivity index (χ4n) is 5.21. The predicted octanol–water partition coefficient (Wildman–Crippen LogP) is 5.88. The molecule has 3 aromatic rings. The van der Waals surface area contributed by atoms with Crippen LogP contribution >= 0.6 is 47.8 Å². The van der Waals surface area contributed by atoms with Gasteiger partial charge >= 0.3 is 11.9 Å². The Kier molecular flexibility index (Phi) is 9.82. The summed E-state index contributed by atoms with van der Waals surface area (Å²) in [6.07, 6.45) is -2.23. The van der Waals surface area contributed by atoms with E-state index in [1.54, 1.807) is 72.8 Å². The Balaban J connectivity index is 1.49. The van der Waals surface area contributed by atoms with Gasteiger partial charge in [0.25, 0.3) is 0 Å². The molecule has 3 aromatic carbocycles. The van der Waals surface area contributed by atoms with E-state index in [1.807, 2.05) is 0 Å². The number of ketones is 1. The summed E-state index contributed by atoms with van der Waals surface area (Å²) in [7, 11) is 0. The third-order valence-electron chi connectivity index (χ3n) is 7.35. The number of rotatable bonds is 9. The molecule has 2 bridgehead atoms. The molecule has 12 heteroatoms. The van der Waals surface area contributed by atoms with Crippen LogP contribution in [0.25, 0.3) is 0 Å². The molecule has 2 aliphatic rings. The van der Waals surface area contributed by atoms with Crippen LogP contribution in [0.5, 0.6) is 0 Å². The minimum atomic E-state index is -1.35. The van der Waals surface area contributed by atoms with E-state index in [0.29, 0.717) is 11.1 Å². The molecule has 9 nitrogen and oxygen atoms in total. The zero-order valence-corrected chi connectivity index (χ0v) is 27.5. The summed E-state index contributed by atoms with van der Waals surface area (Å²) in [5.41, 5.74) is -0.318. The van der Waals surface area contributed by atoms with Crippen molar-refractivity contribution in [1.29, 1.82) is 0 Å². The molecular weight excluding hydrogens is 754 g/mol. The summed E-state index contributed by atoms with van der Waals surface area (Å²) in [6, 6.07) is 19.2. The number of benzene rings is 3. The molecule has 224 valence electrons. The van der Waals surface area contributed by atoms with Gasteiger partial charge in [-0.2, -0.15) is 0 Å².